The molecule has 2 rings (SSSR count). The Kier molecular flexibility index (Phi) is 21.6. The highest BCUT2D eigenvalue weighted by molar-refractivity contribution is 5.97. The number of aliphatic carboxylic acids is 2. The minimum Gasteiger partial charge on any atom is -0.508 e. The minimum absolute atomic E-state index is 0.0486. The number of guanidine groups is 1. The molecule has 1 aromatic carbocycles. The van der Waals surface area contributed by atoms with Crippen molar-refractivity contribution in [2.75, 3.05) is 39.3 Å². The lowest BCUT2D eigenvalue weighted by molar-refractivity contribution is -0.142. The number of aliphatic hydroxyl groups excluding tert-OH is 1. The summed E-state index contributed by atoms with van der Waals surface area (Å²) in [7, 11) is 0. The van der Waals surface area contributed by atoms with Gasteiger partial charge in [-0.1, -0.05) is 12.1 Å². The SMILES string of the molecule is C[C@H](NC(=O)[C@H](CO)NC(=O)[C@H](CC(=O)O)NC(=O)CNC(=O)[C@H](CCCN=C(N)N)NC(=O)CNC(=O)CNC(=O)[C@@H]1CCCN1)C(=O)N[C@@H](Cc1ccc(O)cc1)C(=O)O. The number of benzene rings is 1. The van der Waals surface area contributed by atoms with Crippen molar-refractivity contribution in [1.29, 1.82) is 0 Å². The Morgan fingerprint density at radius 2 is 1.34 bits per heavy atom. The number of phenols is 1. The monoisotopic (exact) mass is 878 g/mol. The van der Waals surface area contributed by atoms with E-state index >= 15 is 0 Å². The highest BCUT2D eigenvalue weighted by Crippen LogP contribution is 2.12. The van der Waals surface area contributed by atoms with Crippen LogP contribution in [-0.4, -0.2) is 161 Å². The zero-order valence-corrected chi connectivity index (χ0v) is 33.7. The Balaban J connectivity index is 1.97. The third-order valence-corrected chi connectivity index (χ3v) is 8.86. The van der Waals surface area contributed by atoms with Crippen LogP contribution >= 0.6 is 0 Å². The van der Waals surface area contributed by atoms with Gasteiger partial charge in [0.05, 0.1) is 38.7 Å². The normalized spacial score (nSPS) is 15.4. The van der Waals surface area contributed by atoms with Crippen LogP contribution in [0, 0.1) is 0 Å². The number of carboxylic acids is 2. The molecule has 1 saturated heterocycles. The summed E-state index contributed by atoms with van der Waals surface area (Å²) < 4.78 is 0. The molecule has 342 valence electrons. The quantitative estimate of drug-likeness (QED) is 0.0234. The van der Waals surface area contributed by atoms with Gasteiger partial charge < -0.3 is 79.7 Å². The third kappa shape index (κ3) is 19.3. The molecule has 8 amide bonds. The van der Waals surface area contributed by atoms with Gasteiger partial charge >= 0.3 is 11.9 Å². The first-order valence-electron chi connectivity index (χ1n) is 19.2. The maximum atomic E-state index is 13.1. The molecule has 0 spiro atoms. The number of aliphatic hydroxyl groups is 1. The molecule has 0 radical (unpaired) electrons. The van der Waals surface area contributed by atoms with Gasteiger partial charge in [0, 0.05) is 13.0 Å². The summed E-state index contributed by atoms with van der Waals surface area (Å²) >= 11 is 0. The number of hydrogen-bond acceptors (Lipinski definition) is 14. The van der Waals surface area contributed by atoms with Crippen molar-refractivity contribution in [1.82, 2.24) is 47.9 Å². The maximum absolute atomic E-state index is 13.1. The average Bonchev–Trinajstić information content (AvgIpc) is 3.76. The number of nitrogens with zero attached hydrogens (tertiary/aromatic N) is 1. The fourth-order valence-corrected chi connectivity index (χ4v) is 5.59. The summed E-state index contributed by atoms with van der Waals surface area (Å²) in [5.74, 6) is -10.5. The molecule has 26 nitrogen and oxygen atoms in total. The van der Waals surface area contributed by atoms with E-state index in [2.05, 4.69) is 52.8 Å². The number of aliphatic imine (C=N–C) groups is 1. The van der Waals surface area contributed by atoms with Crippen molar-refractivity contribution >= 4 is 65.2 Å². The van der Waals surface area contributed by atoms with Gasteiger partial charge in [-0.25, -0.2) is 4.79 Å². The summed E-state index contributed by atoms with van der Waals surface area (Å²) in [5.41, 5.74) is 11.1. The molecule has 0 saturated carbocycles. The molecule has 26 heteroatoms. The molecule has 0 aromatic heterocycles. The molecule has 1 aliphatic heterocycles. The number of hydrogen-bond donors (Lipinski definition) is 15. The Morgan fingerprint density at radius 1 is 0.742 bits per heavy atom. The lowest BCUT2D eigenvalue weighted by atomic mass is 10.1. The van der Waals surface area contributed by atoms with Crippen molar-refractivity contribution in [3.8, 4) is 5.75 Å². The van der Waals surface area contributed by atoms with E-state index in [1.165, 1.54) is 31.2 Å². The molecule has 1 fully saturated rings. The van der Waals surface area contributed by atoms with Crippen LogP contribution in [0.1, 0.15) is 44.6 Å². The van der Waals surface area contributed by atoms with Gasteiger partial charge in [-0.15, -0.1) is 0 Å². The molecule has 0 aliphatic carbocycles. The highest BCUT2D eigenvalue weighted by Gasteiger charge is 2.31. The number of carbonyl (C=O) groups excluding carboxylic acids is 8. The first-order valence-corrected chi connectivity index (χ1v) is 19.2. The second-order valence-corrected chi connectivity index (χ2v) is 13.9. The van der Waals surface area contributed by atoms with Crippen LogP contribution in [0.2, 0.25) is 0 Å². The second kappa shape index (κ2) is 26.2. The van der Waals surface area contributed by atoms with Crippen molar-refractivity contribution in [2.24, 2.45) is 16.5 Å². The van der Waals surface area contributed by atoms with Gasteiger partial charge in [-0.05, 0) is 56.8 Å². The van der Waals surface area contributed by atoms with Crippen LogP contribution in [0.25, 0.3) is 0 Å². The first-order chi connectivity index (χ1) is 29.3. The topological polar surface area (TPSA) is 424 Å². The van der Waals surface area contributed by atoms with E-state index in [0.29, 0.717) is 18.5 Å². The van der Waals surface area contributed by atoms with E-state index in [9.17, 15) is 68.4 Å². The van der Waals surface area contributed by atoms with Gasteiger partial charge in [0.1, 0.15) is 36.0 Å². The number of amides is 8. The summed E-state index contributed by atoms with van der Waals surface area (Å²) in [4.78, 5) is 129. The zero-order valence-electron chi connectivity index (χ0n) is 33.7. The standard InChI is InChI=1S/C36H54N12O14/c1-18(30(56)47-24(35(61)62)12-19-6-8-20(50)9-7-19)44-34(60)25(17-49)48-33(59)23(13-29(54)55)46-28(53)16-43-32(58)22(5-3-11-40-36(37)38)45-27(52)15-41-26(51)14-42-31(57)21-4-2-10-39-21/h6-9,18,21-25,39,49-50H,2-5,10-17H2,1H3,(H,41,51)(H,42,57)(H,43,58)(H,44,60)(H,45,52)(H,46,53)(H,47,56)(H,48,59)(H,54,55)(H,61,62)(H4,37,38,40)/t18-,21-,22-,23-,24-,25-/m0/s1. The summed E-state index contributed by atoms with van der Waals surface area (Å²) in [6, 6.07) is -2.72. The number of nitrogens with two attached hydrogens (primary N) is 2. The van der Waals surface area contributed by atoms with Crippen molar-refractivity contribution < 1.29 is 68.4 Å². The number of phenolic OH excluding ortho intramolecular Hbond substituents is 1. The van der Waals surface area contributed by atoms with Crippen LogP contribution < -0.4 is 59.3 Å². The summed E-state index contributed by atoms with van der Waals surface area (Å²) in [6.07, 6.45) is 0.304. The molecular formula is C36H54N12O14. The van der Waals surface area contributed by atoms with Gasteiger partial charge in [-0.2, -0.15) is 0 Å². The molecule has 17 N–H and O–H groups in total. The third-order valence-electron chi connectivity index (χ3n) is 8.86. The maximum Gasteiger partial charge on any atom is 0.326 e. The average molecular weight is 879 g/mol. The van der Waals surface area contributed by atoms with Gasteiger partial charge in [0.25, 0.3) is 0 Å². The molecule has 6 atom stereocenters. The van der Waals surface area contributed by atoms with E-state index < -0.39 is 122 Å². The van der Waals surface area contributed by atoms with Crippen LogP contribution in [-0.2, 0) is 54.4 Å². The Hall–Kier alpha value is -7.09. The lowest BCUT2D eigenvalue weighted by Crippen LogP contribution is -2.59. The number of nitrogens with one attached hydrogen (secondary N) is 9. The lowest BCUT2D eigenvalue weighted by Gasteiger charge is -2.23. The van der Waals surface area contributed by atoms with E-state index in [1.807, 2.05) is 0 Å². The molecular weight excluding hydrogens is 824 g/mol. The number of carbonyl (C=O) groups is 10. The first kappa shape index (κ1) is 51.1. The summed E-state index contributed by atoms with van der Waals surface area (Å²) in [5, 5.41) is 59.2. The second-order valence-electron chi connectivity index (χ2n) is 13.9. The van der Waals surface area contributed by atoms with Crippen molar-refractivity contribution in [3.63, 3.8) is 0 Å². The smallest absolute Gasteiger partial charge is 0.326 e. The Labute approximate surface area is 354 Å². The van der Waals surface area contributed by atoms with Crippen LogP contribution in [0.15, 0.2) is 29.3 Å². The predicted octanol–water partition coefficient (Wildman–Crippen LogP) is -6.92. The number of rotatable bonds is 26. The van der Waals surface area contributed by atoms with E-state index in [4.69, 9.17) is 11.5 Å². The minimum atomic E-state index is -1.87. The zero-order chi connectivity index (χ0) is 46.4. The van der Waals surface area contributed by atoms with E-state index in [1.54, 1.807) is 0 Å². The van der Waals surface area contributed by atoms with Crippen LogP contribution in [0.4, 0.5) is 0 Å². The number of aromatic hydroxyl groups is 1. The van der Waals surface area contributed by atoms with E-state index in [0.717, 1.165) is 6.42 Å². The Morgan fingerprint density at radius 3 is 1.92 bits per heavy atom. The fraction of sp³-hybridized carbons (Fsp3) is 0.528. The predicted molar refractivity (Wildman–Crippen MR) is 214 cm³/mol. The Bertz CT molecular complexity index is 1800. The van der Waals surface area contributed by atoms with Gasteiger partial charge in [-0.3, -0.25) is 48.1 Å². The highest BCUT2D eigenvalue weighted by atomic mass is 16.4. The molecule has 0 unspecified atom stereocenters. The van der Waals surface area contributed by atoms with Crippen molar-refractivity contribution in [3.05, 3.63) is 29.8 Å². The van der Waals surface area contributed by atoms with Crippen molar-refractivity contribution in [2.45, 2.75) is 81.7 Å². The summed E-state index contributed by atoms with van der Waals surface area (Å²) in [6.45, 7) is -1.01. The van der Waals surface area contributed by atoms with E-state index in [-0.39, 0.29) is 43.4 Å². The molecule has 1 aliphatic rings. The van der Waals surface area contributed by atoms with Gasteiger partial charge in [0.2, 0.25) is 47.3 Å². The molecule has 1 heterocycles. The van der Waals surface area contributed by atoms with Gasteiger partial charge in [0.15, 0.2) is 5.96 Å². The largest absolute Gasteiger partial charge is 0.508 e. The fourth-order valence-electron chi connectivity index (χ4n) is 5.59. The van der Waals surface area contributed by atoms with Crippen LogP contribution in [0.5, 0.6) is 5.75 Å². The molecule has 1 aromatic rings. The molecule has 62 heavy (non-hydrogen) atoms. The molecule has 0 bridgehead atoms. The number of carboxylic acid groups (broad SMARTS) is 2. The van der Waals surface area contributed by atoms with Crippen LogP contribution in [0.3, 0.4) is 0 Å².